The highest BCUT2D eigenvalue weighted by Gasteiger charge is 2.14. The van der Waals surface area contributed by atoms with Gasteiger partial charge in [0.05, 0.1) is 22.6 Å². The second-order valence-electron chi connectivity index (χ2n) is 3.63. The van der Waals surface area contributed by atoms with Crippen LogP contribution in [0.4, 0.5) is 5.69 Å². The minimum Gasteiger partial charge on any atom is -0.505 e. The van der Waals surface area contributed by atoms with Crippen molar-refractivity contribution >= 4 is 34.8 Å². The summed E-state index contributed by atoms with van der Waals surface area (Å²) in [4.78, 5) is 11.7. The maximum absolute atomic E-state index is 11.7. The van der Waals surface area contributed by atoms with E-state index >= 15 is 0 Å². The summed E-state index contributed by atoms with van der Waals surface area (Å²) in [6.07, 6.45) is 0. The molecule has 1 aromatic carbocycles. The molecule has 0 heterocycles. The van der Waals surface area contributed by atoms with Gasteiger partial charge >= 0.3 is 0 Å². The number of methoxy groups -OCH3 is 1. The highest BCUT2D eigenvalue weighted by Crippen LogP contribution is 2.34. The number of carbonyl (C=O) groups is 1. The number of phenolic OH excluding ortho intramolecular Hbond substituents is 1. The molecule has 0 saturated carbocycles. The van der Waals surface area contributed by atoms with Gasteiger partial charge in [0.15, 0.2) is 5.75 Å². The van der Waals surface area contributed by atoms with Gasteiger partial charge in [-0.3, -0.25) is 4.79 Å². The van der Waals surface area contributed by atoms with Gasteiger partial charge in [-0.1, -0.05) is 30.1 Å². The number of hydrogen-bond acceptors (Lipinski definition) is 3. The molecule has 4 nitrogen and oxygen atoms in total. The number of benzene rings is 1. The number of rotatable bonds is 4. The summed E-state index contributed by atoms with van der Waals surface area (Å²) in [5.41, 5.74) is 0.436. The molecule has 1 amide bonds. The smallest absolute Gasteiger partial charge is 0.229 e. The van der Waals surface area contributed by atoms with Gasteiger partial charge in [0.25, 0.3) is 0 Å². The Morgan fingerprint density at radius 3 is 2.47 bits per heavy atom. The lowest BCUT2D eigenvalue weighted by Gasteiger charge is -2.12. The van der Waals surface area contributed by atoms with Crippen LogP contribution in [0, 0.1) is 5.92 Å². The number of ether oxygens (including phenoxy) is 1. The van der Waals surface area contributed by atoms with Gasteiger partial charge in [-0.2, -0.15) is 0 Å². The first-order chi connectivity index (χ1) is 7.95. The van der Waals surface area contributed by atoms with Crippen molar-refractivity contribution in [1.29, 1.82) is 0 Å². The van der Waals surface area contributed by atoms with Crippen LogP contribution in [0.5, 0.6) is 5.75 Å². The Kier molecular flexibility index (Phi) is 5.05. The van der Waals surface area contributed by atoms with E-state index in [4.69, 9.17) is 27.9 Å². The number of aromatic hydroxyl groups is 1. The van der Waals surface area contributed by atoms with Crippen molar-refractivity contribution in [3.63, 3.8) is 0 Å². The fourth-order valence-electron chi connectivity index (χ4n) is 1.23. The van der Waals surface area contributed by atoms with E-state index in [0.717, 1.165) is 0 Å². The van der Waals surface area contributed by atoms with Crippen molar-refractivity contribution in [2.24, 2.45) is 5.92 Å². The summed E-state index contributed by atoms with van der Waals surface area (Å²) < 4.78 is 4.88. The maximum Gasteiger partial charge on any atom is 0.229 e. The SMILES string of the molecule is COC[C@H](C)C(=O)Nc1cc(Cl)c(O)c(Cl)c1. The predicted molar refractivity (Wildman–Crippen MR) is 67.8 cm³/mol. The first-order valence-corrected chi connectivity index (χ1v) is 5.69. The molecule has 0 radical (unpaired) electrons. The van der Waals surface area contributed by atoms with Crippen LogP contribution in [0.2, 0.25) is 10.0 Å². The van der Waals surface area contributed by atoms with Gasteiger partial charge in [0.2, 0.25) is 5.91 Å². The zero-order valence-electron chi connectivity index (χ0n) is 9.46. The van der Waals surface area contributed by atoms with E-state index in [0.29, 0.717) is 12.3 Å². The number of nitrogens with one attached hydrogen (secondary N) is 1. The van der Waals surface area contributed by atoms with Crippen molar-refractivity contribution in [3.05, 3.63) is 22.2 Å². The molecule has 6 heteroatoms. The van der Waals surface area contributed by atoms with Crippen LogP contribution in [-0.2, 0) is 9.53 Å². The van der Waals surface area contributed by atoms with E-state index in [1.807, 2.05) is 0 Å². The van der Waals surface area contributed by atoms with Crippen LogP contribution in [-0.4, -0.2) is 24.7 Å². The van der Waals surface area contributed by atoms with E-state index in [-0.39, 0.29) is 27.6 Å². The normalized spacial score (nSPS) is 12.2. The lowest BCUT2D eigenvalue weighted by Crippen LogP contribution is -2.23. The lowest BCUT2D eigenvalue weighted by molar-refractivity contribution is -0.120. The fourth-order valence-corrected chi connectivity index (χ4v) is 1.72. The van der Waals surface area contributed by atoms with E-state index in [2.05, 4.69) is 5.32 Å². The molecule has 17 heavy (non-hydrogen) atoms. The molecular formula is C11H13Cl2NO3. The Morgan fingerprint density at radius 1 is 1.47 bits per heavy atom. The summed E-state index contributed by atoms with van der Waals surface area (Å²) in [5.74, 6) is -0.688. The number of hydrogen-bond donors (Lipinski definition) is 2. The van der Waals surface area contributed by atoms with Crippen LogP contribution in [0.3, 0.4) is 0 Å². The minimum absolute atomic E-state index is 0.0900. The third kappa shape index (κ3) is 3.77. The number of anilines is 1. The number of amides is 1. The Balaban J connectivity index is 2.79. The molecule has 0 saturated heterocycles. The molecular weight excluding hydrogens is 265 g/mol. The van der Waals surface area contributed by atoms with Crippen molar-refractivity contribution in [3.8, 4) is 5.75 Å². The fraction of sp³-hybridized carbons (Fsp3) is 0.364. The third-order valence-electron chi connectivity index (χ3n) is 2.15. The second kappa shape index (κ2) is 6.10. The topological polar surface area (TPSA) is 58.6 Å². The van der Waals surface area contributed by atoms with Gasteiger partial charge in [-0.05, 0) is 12.1 Å². The van der Waals surface area contributed by atoms with Gasteiger partial charge < -0.3 is 15.2 Å². The Hall–Kier alpha value is -0.970. The van der Waals surface area contributed by atoms with Crippen molar-refractivity contribution in [2.45, 2.75) is 6.92 Å². The standard InChI is InChI=1S/C11H13Cl2NO3/c1-6(5-17-2)11(16)14-7-3-8(12)10(15)9(13)4-7/h3-4,6,15H,5H2,1-2H3,(H,14,16)/t6-/m0/s1. The molecule has 0 aliphatic heterocycles. The molecule has 1 atom stereocenters. The van der Waals surface area contributed by atoms with Crippen LogP contribution < -0.4 is 5.32 Å². The van der Waals surface area contributed by atoms with Crippen LogP contribution >= 0.6 is 23.2 Å². The molecule has 0 fully saturated rings. The van der Waals surface area contributed by atoms with E-state index < -0.39 is 0 Å². The van der Waals surface area contributed by atoms with Gasteiger partial charge in [-0.25, -0.2) is 0 Å². The number of halogens is 2. The molecule has 1 aromatic rings. The largest absolute Gasteiger partial charge is 0.505 e. The second-order valence-corrected chi connectivity index (χ2v) is 4.45. The van der Waals surface area contributed by atoms with Crippen LogP contribution in [0.1, 0.15) is 6.92 Å². The Labute approximate surface area is 109 Å². The summed E-state index contributed by atoms with van der Waals surface area (Å²) >= 11 is 11.5. The zero-order chi connectivity index (χ0) is 13.0. The molecule has 0 unspecified atom stereocenters. The van der Waals surface area contributed by atoms with Crippen LogP contribution in [0.25, 0.3) is 0 Å². The average molecular weight is 278 g/mol. The summed E-state index contributed by atoms with van der Waals surface area (Å²) in [6.45, 7) is 2.06. The van der Waals surface area contributed by atoms with Crippen molar-refractivity contribution in [2.75, 3.05) is 19.0 Å². The number of carbonyl (C=O) groups excluding carboxylic acids is 1. The summed E-state index contributed by atoms with van der Waals surface area (Å²) in [6, 6.07) is 2.86. The molecule has 94 valence electrons. The van der Waals surface area contributed by atoms with Crippen LogP contribution in [0.15, 0.2) is 12.1 Å². The number of phenols is 1. The zero-order valence-corrected chi connectivity index (χ0v) is 11.0. The first kappa shape index (κ1) is 14.1. The Bertz CT molecular complexity index is 400. The van der Waals surface area contributed by atoms with E-state index in [1.54, 1.807) is 6.92 Å². The molecule has 0 spiro atoms. The monoisotopic (exact) mass is 277 g/mol. The molecule has 0 aromatic heterocycles. The van der Waals surface area contributed by atoms with E-state index in [9.17, 15) is 9.90 Å². The quantitative estimate of drug-likeness (QED) is 0.832. The molecule has 0 aliphatic rings. The molecule has 1 rings (SSSR count). The molecule has 0 aliphatic carbocycles. The average Bonchev–Trinajstić information content (AvgIpc) is 2.26. The third-order valence-corrected chi connectivity index (χ3v) is 2.72. The lowest BCUT2D eigenvalue weighted by atomic mass is 10.2. The minimum atomic E-state index is -0.286. The highest BCUT2D eigenvalue weighted by atomic mass is 35.5. The first-order valence-electron chi connectivity index (χ1n) is 4.93. The summed E-state index contributed by atoms with van der Waals surface area (Å²) in [7, 11) is 1.53. The van der Waals surface area contributed by atoms with Gasteiger partial charge in [0.1, 0.15) is 0 Å². The van der Waals surface area contributed by atoms with Crippen molar-refractivity contribution < 1.29 is 14.6 Å². The van der Waals surface area contributed by atoms with Gasteiger partial charge in [-0.15, -0.1) is 0 Å². The molecule has 2 N–H and O–H groups in total. The van der Waals surface area contributed by atoms with Crippen molar-refractivity contribution in [1.82, 2.24) is 0 Å². The predicted octanol–water partition coefficient (Wildman–Crippen LogP) is 2.92. The van der Waals surface area contributed by atoms with Gasteiger partial charge in [0, 0.05) is 12.8 Å². The van der Waals surface area contributed by atoms with E-state index in [1.165, 1.54) is 19.2 Å². The maximum atomic E-state index is 11.7. The summed E-state index contributed by atoms with van der Waals surface area (Å²) in [5, 5.41) is 12.2. The molecule has 0 bridgehead atoms. The highest BCUT2D eigenvalue weighted by molar-refractivity contribution is 6.37. The Morgan fingerprint density at radius 2 is 2.00 bits per heavy atom.